The maximum atomic E-state index is 5.75. The minimum atomic E-state index is 0.652. The van der Waals surface area contributed by atoms with Crippen molar-refractivity contribution in [2.24, 2.45) is 11.7 Å². The van der Waals surface area contributed by atoms with Crippen molar-refractivity contribution < 1.29 is 4.74 Å². The number of methoxy groups -OCH3 is 1. The molecule has 3 nitrogen and oxygen atoms in total. The number of aryl methyl sites for hydroxylation is 1. The number of nitrogens with two attached hydrogens (primary N) is 1. The third kappa shape index (κ3) is 3.95. The van der Waals surface area contributed by atoms with Crippen molar-refractivity contribution in [1.29, 1.82) is 0 Å². The molecular weight excluding hydrogens is 236 g/mol. The third-order valence-electron chi connectivity index (χ3n) is 4.28. The van der Waals surface area contributed by atoms with Crippen LogP contribution in [0.4, 0.5) is 0 Å². The molecule has 0 aliphatic carbocycles. The number of hydrogen-bond donors (Lipinski definition) is 1. The number of likely N-dealkylation sites (tertiary alicyclic amines) is 1. The van der Waals surface area contributed by atoms with Gasteiger partial charge in [-0.15, -0.1) is 0 Å². The van der Waals surface area contributed by atoms with Gasteiger partial charge in [0.05, 0.1) is 7.11 Å². The molecule has 0 saturated carbocycles. The molecule has 2 atom stereocenters. The zero-order valence-electron chi connectivity index (χ0n) is 12.1. The van der Waals surface area contributed by atoms with E-state index in [-0.39, 0.29) is 0 Å². The maximum absolute atomic E-state index is 5.75. The fourth-order valence-corrected chi connectivity index (χ4v) is 2.81. The summed E-state index contributed by atoms with van der Waals surface area (Å²) in [5, 5.41) is 0. The molecule has 0 bridgehead atoms. The van der Waals surface area contributed by atoms with E-state index in [1.165, 1.54) is 31.5 Å². The van der Waals surface area contributed by atoms with Crippen molar-refractivity contribution in [3.05, 3.63) is 29.8 Å². The van der Waals surface area contributed by atoms with E-state index in [9.17, 15) is 0 Å². The number of nitrogens with zero attached hydrogens (tertiary/aromatic N) is 1. The Balaban J connectivity index is 1.78. The Hall–Kier alpha value is -1.06. The molecule has 3 heteroatoms. The summed E-state index contributed by atoms with van der Waals surface area (Å²) in [7, 11) is 1.71. The molecule has 1 saturated heterocycles. The Morgan fingerprint density at radius 2 is 2.11 bits per heavy atom. The average molecular weight is 262 g/mol. The van der Waals surface area contributed by atoms with Crippen molar-refractivity contribution in [1.82, 2.24) is 4.90 Å². The van der Waals surface area contributed by atoms with Gasteiger partial charge in [0, 0.05) is 12.6 Å². The first-order valence-electron chi connectivity index (χ1n) is 7.30. The molecule has 1 aliphatic heterocycles. The van der Waals surface area contributed by atoms with Crippen LogP contribution in [-0.4, -0.2) is 37.7 Å². The highest BCUT2D eigenvalue weighted by Gasteiger charge is 2.24. The second-order valence-electron chi connectivity index (χ2n) is 5.62. The van der Waals surface area contributed by atoms with E-state index >= 15 is 0 Å². The van der Waals surface area contributed by atoms with Gasteiger partial charge in [0.1, 0.15) is 5.75 Å². The monoisotopic (exact) mass is 262 g/mol. The first-order chi connectivity index (χ1) is 9.22. The van der Waals surface area contributed by atoms with Crippen LogP contribution in [0.5, 0.6) is 5.75 Å². The highest BCUT2D eigenvalue weighted by molar-refractivity contribution is 5.27. The normalized spacial score (nSPS) is 21.5. The van der Waals surface area contributed by atoms with Gasteiger partial charge in [0.15, 0.2) is 0 Å². The molecule has 0 amide bonds. The zero-order chi connectivity index (χ0) is 13.7. The van der Waals surface area contributed by atoms with Gasteiger partial charge in [-0.3, -0.25) is 0 Å². The van der Waals surface area contributed by atoms with Gasteiger partial charge in [-0.25, -0.2) is 0 Å². The lowest BCUT2D eigenvalue weighted by Crippen LogP contribution is -2.32. The van der Waals surface area contributed by atoms with Crippen LogP contribution >= 0.6 is 0 Å². The summed E-state index contributed by atoms with van der Waals surface area (Å²) in [4.78, 5) is 2.58. The molecule has 0 aromatic heterocycles. The van der Waals surface area contributed by atoms with Gasteiger partial charge < -0.3 is 15.4 Å². The van der Waals surface area contributed by atoms with Gasteiger partial charge in [0.25, 0.3) is 0 Å². The Morgan fingerprint density at radius 3 is 2.68 bits per heavy atom. The van der Waals surface area contributed by atoms with Gasteiger partial charge >= 0.3 is 0 Å². The number of rotatable bonds is 6. The second-order valence-corrected chi connectivity index (χ2v) is 5.62. The van der Waals surface area contributed by atoms with Crippen LogP contribution in [0.3, 0.4) is 0 Å². The van der Waals surface area contributed by atoms with Crippen molar-refractivity contribution in [3.8, 4) is 5.75 Å². The fourth-order valence-electron chi connectivity index (χ4n) is 2.81. The van der Waals surface area contributed by atoms with E-state index in [2.05, 4.69) is 24.0 Å². The zero-order valence-corrected chi connectivity index (χ0v) is 12.1. The number of hydrogen-bond acceptors (Lipinski definition) is 3. The van der Waals surface area contributed by atoms with Crippen molar-refractivity contribution in [2.45, 2.75) is 32.2 Å². The van der Waals surface area contributed by atoms with Crippen LogP contribution in [0.15, 0.2) is 24.3 Å². The summed E-state index contributed by atoms with van der Waals surface area (Å²) in [6.45, 7) is 5.57. The Morgan fingerprint density at radius 1 is 1.37 bits per heavy atom. The maximum Gasteiger partial charge on any atom is 0.118 e. The molecule has 1 aromatic rings. The molecule has 19 heavy (non-hydrogen) atoms. The minimum absolute atomic E-state index is 0.652. The SMILES string of the molecule is COc1ccc(CCC(C)N2CCC(CN)C2)cc1. The summed E-state index contributed by atoms with van der Waals surface area (Å²) in [6, 6.07) is 9.07. The van der Waals surface area contributed by atoms with Crippen molar-refractivity contribution in [3.63, 3.8) is 0 Å². The summed E-state index contributed by atoms with van der Waals surface area (Å²) >= 11 is 0. The summed E-state index contributed by atoms with van der Waals surface area (Å²) in [6.07, 6.45) is 3.61. The van der Waals surface area contributed by atoms with Crippen LogP contribution in [-0.2, 0) is 6.42 Å². The van der Waals surface area contributed by atoms with E-state index in [1.807, 2.05) is 12.1 Å². The highest BCUT2D eigenvalue weighted by Crippen LogP contribution is 2.20. The molecule has 2 N–H and O–H groups in total. The average Bonchev–Trinajstić information content (AvgIpc) is 2.94. The van der Waals surface area contributed by atoms with E-state index < -0.39 is 0 Å². The molecule has 2 rings (SSSR count). The predicted octanol–water partition coefficient (Wildman–Crippen LogP) is 2.30. The Bertz CT molecular complexity index is 377. The molecule has 1 fully saturated rings. The molecule has 0 radical (unpaired) electrons. The first kappa shape index (κ1) is 14.4. The lowest BCUT2D eigenvalue weighted by atomic mass is 10.1. The van der Waals surface area contributed by atoms with E-state index in [0.717, 1.165) is 18.7 Å². The summed E-state index contributed by atoms with van der Waals surface area (Å²) in [5.41, 5.74) is 7.14. The topological polar surface area (TPSA) is 38.5 Å². The van der Waals surface area contributed by atoms with Crippen LogP contribution < -0.4 is 10.5 Å². The summed E-state index contributed by atoms with van der Waals surface area (Å²) < 4.78 is 5.18. The largest absolute Gasteiger partial charge is 0.497 e. The van der Waals surface area contributed by atoms with Crippen LogP contribution in [0.2, 0.25) is 0 Å². The van der Waals surface area contributed by atoms with E-state index in [1.54, 1.807) is 7.11 Å². The van der Waals surface area contributed by atoms with E-state index in [4.69, 9.17) is 10.5 Å². The third-order valence-corrected chi connectivity index (χ3v) is 4.28. The molecule has 106 valence electrons. The Labute approximate surface area is 116 Å². The Kier molecular flexibility index (Phi) is 5.23. The second kappa shape index (κ2) is 6.92. The van der Waals surface area contributed by atoms with Crippen LogP contribution in [0.25, 0.3) is 0 Å². The van der Waals surface area contributed by atoms with Crippen molar-refractivity contribution >= 4 is 0 Å². The standard InChI is InChI=1S/C16H26N2O/c1-13(18-10-9-15(11-17)12-18)3-4-14-5-7-16(19-2)8-6-14/h5-8,13,15H,3-4,9-12,17H2,1-2H3. The molecule has 1 heterocycles. The van der Waals surface area contributed by atoms with Gasteiger partial charge in [-0.2, -0.15) is 0 Å². The fraction of sp³-hybridized carbons (Fsp3) is 0.625. The van der Waals surface area contributed by atoms with Gasteiger partial charge in [-0.1, -0.05) is 12.1 Å². The van der Waals surface area contributed by atoms with Gasteiger partial charge in [0.2, 0.25) is 0 Å². The lowest BCUT2D eigenvalue weighted by Gasteiger charge is -2.24. The molecular formula is C16H26N2O. The smallest absolute Gasteiger partial charge is 0.118 e. The summed E-state index contributed by atoms with van der Waals surface area (Å²) in [5.74, 6) is 1.64. The van der Waals surface area contributed by atoms with Crippen LogP contribution in [0.1, 0.15) is 25.3 Å². The highest BCUT2D eigenvalue weighted by atomic mass is 16.5. The number of benzene rings is 1. The molecule has 1 aliphatic rings. The number of ether oxygens (including phenoxy) is 1. The van der Waals surface area contributed by atoms with E-state index in [0.29, 0.717) is 12.0 Å². The first-order valence-corrected chi connectivity index (χ1v) is 7.30. The molecule has 0 spiro atoms. The van der Waals surface area contributed by atoms with Gasteiger partial charge in [-0.05, 0) is 62.9 Å². The quantitative estimate of drug-likeness (QED) is 0.855. The molecule has 1 aromatic carbocycles. The van der Waals surface area contributed by atoms with Crippen molar-refractivity contribution in [2.75, 3.05) is 26.7 Å². The lowest BCUT2D eigenvalue weighted by molar-refractivity contribution is 0.239. The minimum Gasteiger partial charge on any atom is -0.497 e. The van der Waals surface area contributed by atoms with Crippen LogP contribution in [0, 0.1) is 5.92 Å². The predicted molar refractivity (Wildman–Crippen MR) is 79.5 cm³/mol. The molecule has 2 unspecified atom stereocenters.